The number of rotatable bonds is 7. The minimum Gasteiger partial charge on any atom is -0.371 e. The molecule has 5 fully saturated rings. The van der Waals surface area contributed by atoms with Gasteiger partial charge in [-0.15, -0.1) is 0 Å². The molecule has 3 aromatic heterocycles. The summed E-state index contributed by atoms with van der Waals surface area (Å²) in [5, 5.41) is 26.1. The van der Waals surface area contributed by atoms with Gasteiger partial charge in [-0.3, -0.25) is 10.1 Å². The lowest BCUT2D eigenvalue weighted by Gasteiger charge is -2.40. The summed E-state index contributed by atoms with van der Waals surface area (Å²) in [5.74, 6) is -2.33. The van der Waals surface area contributed by atoms with Crippen molar-refractivity contribution in [3.05, 3.63) is 18.5 Å². The molecule has 14 heteroatoms. The van der Waals surface area contributed by atoms with Crippen LogP contribution in [0.3, 0.4) is 0 Å². The number of hydrogen-bond acceptors (Lipinski definition) is 7. The molecule has 1 atom stereocenters. The summed E-state index contributed by atoms with van der Waals surface area (Å²) in [4.78, 5) is 21.1. The minimum absolute atomic E-state index is 0.111. The van der Waals surface area contributed by atoms with Crippen LogP contribution in [0.5, 0.6) is 0 Å². The number of carbonyl (C=O) groups excluding carboxylic acids is 1. The van der Waals surface area contributed by atoms with Crippen LogP contribution in [0.2, 0.25) is 0 Å². The molecule has 11 nitrogen and oxygen atoms in total. The summed E-state index contributed by atoms with van der Waals surface area (Å²) in [6, 6.07) is 1.07. The first-order chi connectivity index (χ1) is 20.1. The Morgan fingerprint density at radius 2 is 1.86 bits per heavy atom. The maximum Gasteiger partial charge on any atom is 0.322 e. The van der Waals surface area contributed by atoms with Crippen LogP contribution in [0.15, 0.2) is 18.5 Å². The molecule has 1 spiro atoms. The maximum atomic E-state index is 15.4. The van der Waals surface area contributed by atoms with E-state index in [4.69, 9.17) is 4.74 Å². The monoisotopic (exact) mass is 586 g/mol. The molecule has 224 valence electrons. The second kappa shape index (κ2) is 9.06. The summed E-state index contributed by atoms with van der Waals surface area (Å²) in [5.41, 5.74) is -0.766. The van der Waals surface area contributed by atoms with Crippen molar-refractivity contribution in [1.29, 1.82) is 0 Å². The molecule has 0 aromatic carbocycles. The molecule has 3 aliphatic carbocycles. The van der Waals surface area contributed by atoms with Crippen molar-refractivity contribution in [2.45, 2.75) is 93.4 Å². The number of nitrogens with one attached hydrogen (secondary N) is 2. The number of carbonyl (C=O) groups is 1. The number of aliphatic hydroxyl groups is 1. The van der Waals surface area contributed by atoms with Gasteiger partial charge >= 0.3 is 6.03 Å². The molecule has 2 aliphatic heterocycles. The second-order valence-electron chi connectivity index (χ2n) is 12.7. The van der Waals surface area contributed by atoms with E-state index in [0.29, 0.717) is 66.6 Å². The third-order valence-corrected chi connectivity index (χ3v) is 9.64. The highest BCUT2D eigenvalue weighted by molar-refractivity contribution is 5.96. The first-order valence-electron chi connectivity index (χ1n) is 14.8. The lowest BCUT2D eigenvalue weighted by atomic mass is 9.80. The van der Waals surface area contributed by atoms with E-state index in [1.165, 1.54) is 15.8 Å². The molecule has 0 radical (unpaired) electrons. The Morgan fingerprint density at radius 1 is 1.10 bits per heavy atom. The van der Waals surface area contributed by atoms with Crippen LogP contribution >= 0.6 is 0 Å². The Kier molecular flexibility index (Phi) is 5.66. The number of piperidine rings is 1. The number of aromatic amines is 1. The van der Waals surface area contributed by atoms with Crippen molar-refractivity contribution in [1.82, 2.24) is 29.9 Å². The van der Waals surface area contributed by atoms with Gasteiger partial charge in [-0.25, -0.2) is 22.6 Å². The number of amides is 2. The highest BCUT2D eigenvalue weighted by atomic mass is 19.3. The van der Waals surface area contributed by atoms with E-state index in [2.05, 4.69) is 25.6 Å². The SMILES string of the molecule is O=C(Nc1cn[nH]c1-c1cc2c(cn1)c(N1CC(OC3CC3)C1)nn2C(O)C1(F)CCC1)N1CC(F)(F)CCC12CC2. The third kappa shape index (κ3) is 4.32. The van der Waals surface area contributed by atoms with Crippen molar-refractivity contribution in [2.75, 3.05) is 29.9 Å². The quantitative estimate of drug-likeness (QED) is 0.376. The van der Waals surface area contributed by atoms with E-state index in [9.17, 15) is 18.7 Å². The number of fused-ring (bicyclic) bond motifs is 1. The normalized spacial score (nSPS) is 24.9. The minimum atomic E-state index is -2.93. The zero-order valence-electron chi connectivity index (χ0n) is 23.0. The number of anilines is 2. The molecule has 0 bridgehead atoms. The van der Waals surface area contributed by atoms with Gasteiger partial charge in [0.25, 0.3) is 5.92 Å². The Morgan fingerprint density at radius 3 is 2.55 bits per heavy atom. The predicted octanol–water partition coefficient (Wildman–Crippen LogP) is 4.37. The molecule has 5 aliphatic rings. The summed E-state index contributed by atoms with van der Waals surface area (Å²) >= 11 is 0. The highest BCUT2D eigenvalue weighted by Gasteiger charge is 2.57. The van der Waals surface area contributed by atoms with E-state index in [1.54, 1.807) is 12.3 Å². The van der Waals surface area contributed by atoms with E-state index in [0.717, 1.165) is 12.8 Å². The molecule has 1 unspecified atom stereocenters. The van der Waals surface area contributed by atoms with Gasteiger partial charge in [0.05, 0.1) is 47.2 Å². The highest BCUT2D eigenvalue weighted by Crippen LogP contribution is 2.51. The molecule has 8 rings (SSSR count). The molecule has 42 heavy (non-hydrogen) atoms. The lowest BCUT2D eigenvalue weighted by molar-refractivity contribution is -0.107. The van der Waals surface area contributed by atoms with Crippen LogP contribution in [0, 0.1) is 0 Å². The molecular formula is C28H33F3N8O3. The first-order valence-corrected chi connectivity index (χ1v) is 14.8. The van der Waals surface area contributed by atoms with Gasteiger partial charge in [0.1, 0.15) is 5.69 Å². The Labute approximate surface area is 239 Å². The van der Waals surface area contributed by atoms with Gasteiger partial charge in [0.15, 0.2) is 17.7 Å². The van der Waals surface area contributed by atoms with Crippen LogP contribution in [-0.2, 0) is 4.74 Å². The molecular weight excluding hydrogens is 553 g/mol. The second-order valence-corrected chi connectivity index (χ2v) is 12.7. The zero-order chi connectivity index (χ0) is 28.9. The van der Waals surface area contributed by atoms with Crippen molar-refractivity contribution in [2.24, 2.45) is 0 Å². The summed E-state index contributed by atoms with van der Waals surface area (Å²) in [7, 11) is 0. The fourth-order valence-corrected chi connectivity index (χ4v) is 6.48. The summed E-state index contributed by atoms with van der Waals surface area (Å²) < 4.78 is 51.2. The topological polar surface area (TPSA) is 124 Å². The number of alkyl halides is 3. The average Bonchev–Trinajstić information content (AvgIpc) is 3.83. The summed E-state index contributed by atoms with van der Waals surface area (Å²) in [6.45, 7) is 0.675. The molecule has 3 saturated carbocycles. The number of aromatic nitrogens is 5. The molecule has 2 amide bonds. The van der Waals surface area contributed by atoms with Crippen LogP contribution in [-0.4, -0.2) is 90.0 Å². The van der Waals surface area contributed by atoms with Crippen LogP contribution < -0.4 is 10.2 Å². The Hall–Kier alpha value is -3.39. The zero-order valence-corrected chi connectivity index (χ0v) is 23.0. The number of halogens is 3. The van der Waals surface area contributed by atoms with E-state index in [-0.39, 0.29) is 37.5 Å². The number of aliphatic hydroxyl groups excluding tert-OH is 1. The van der Waals surface area contributed by atoms with Gasteiger partial charge < -0.3 is 25.0 Å². The Bertz CT molecular complexity index is 1540. The predicted molar refractivity (Wildman–Crippen MR) is 146 cm³/mol. The fraction of sp³-hybridized carbons (Fsp3) is 0.643. The smallest absolute Gasteiger partial charge is 0.322 e. The maximum absolute atomic E-state index is 15.4. The first kappa shape index (κ1) is 26.3. The van der Waals surface area contributed by atoms with Crippen molar-refractivity contribution < 1.29 is 27.8 Å². The van der Waals surface area contributed by atoms with Gasteiger partial charge in [0.2, 0.25) is 0 Å². The number of urea groups is 1. The third-order valence-electron chi connectivity index (χ3n) is 9.64. The molecule has 3 N–H and O–H groups in total. The largest absolute Gasteiger partial charge is 0.371 e. The lowest BCUT2D eigenvalue weighted by Crippen LogP contribution is -2.54. The van der Waals surface area contributed by atoms with Gasteiger partial charge in [-0.05, 0) is 57.4 Å². The van der Waals surface area contributed by atoms with Crippen molar-refractivity contribution in [3.63, 3.8) is 0 Å². The summed E-state index contributed by atoms with van der Waals surface area (Å²) in [6.07, 6.45) is 6.85. The van der Waals surface area contributed by atoms with E-state index < -0.39 is 35.9 Å². The van der Waals surface area contributed by atoms with Crippen LogP contribution in [0.4, 0.5) is 29.5 Å². The van der Waals surface area contributed by atoms with Crippen molar-refractivity contribution in [3.8, 4) is 11.4 Å². The van der Waals surface area contributed by atoms with Crippen molar-refractivity contribution >= 4 is 28.4 Å². The number of likely N-dealkylation sites (tertiary alicyclic amines) is 1. The molecule has 3 aromatic rings. The Balaban J connectivity index is 1.10. The number of hydrogen-bond donors (Lipinski definition) is 3. The van der Waals surface area contributed by atoms with Gasteiger partial charge in [0, 0.05) is 31.2 Å². The average molecular weight is 587 g/mol. The molecule has 2 saturated heterocycles. The fourth-order valence-electron chi connectivity index (χ4n) is 6.48. The number of H-pyrrole nitrogens is 1. The van der Waals surface area contributed by atoms with E-state index >= 15 is 4.39 Å². The number of ether oxygens (including phenoxy) is 1. The van der Waals surface area contributed by atoms with Crippen LogP contribution in [0.25, 0.3) is 22.3 Å². The van der Waals surface area contributed by atoms with Gasteiger partial charge in [-0.1, -0.05) is 0 Å². The van der Waals surface area contributed by atoms with E-state index in [1.807, 2.05) is 4.90 Å². The van der Waals surface area contributed by atoms with Crippen LogP contribution in [0.1, 0.15) is 64.0 Å². The van der Waals surface area contributed by atoms with Gasteiger partial charge in [-0.2, -0.15) is 10.2 Å². The number of pyridine rings is 1. The standard InChI is InChI=1S/C28H33F3N8O3/c29-27(4-1-5-27)24(40)39-21-10-19(32-11-18(21)23(36-39)37-13-17(14-37)42-16-2-3-16)22-20(12-33-35-22)34-25(41)38-15-28(30,31)9-8-26(38)6-7-26/h10-12,16-17,24,40H,1-9,13-15H2,(H,33,35)(H,34,41). The number of nitrogens with zero attached hydrogens (tertiary/aromatic N) is 6. The molecule has 5 heterocycles.